The number of nitrogens with one attached hydrogen (secondary N) is 1. The van der Waals surface area contributed by atoms with Crippen molar-refractivity contribution in [2.75, 3.05) is 5.75 Å². The van der Waals surface area contributed by atoms with Crippen LogP contribution in [0.3, 0.4) is 0 Å². The summed E-state index contributed by atoms with van der Waals surface area (Å²) in [6.07, 6.45) is 0. The Labute approximate surface area is 133 Å². The second-order valence-corrected chi connectivity index (χ2v) is 6.15. The molecule has 0 spiro atoms. The van der Waals surface area contributed by atoms with Crippen LogP contribution in [-0.2, 0) is 4.79 Å². The van der Waals surface area contributed by atoms with Crippen LogP contribution in [0.5, 0.6) is 0 Å². The molecule has 0 amide bonds. The minimum atomic E-state index is -0.791. The van der Waals surface area contributed by atoms with Gasteiger partial charge in [0.05, 0.1) is 5.37 Å². The number of aliphatic carboxylic acids is 1. The summed E-state index contributed by atoms with van der Waals surface area (Å²) in [4.78, 5) is 11.0. The summed E-state index contributed by atoms with van der Waals surface area (Å²) in [7, 11) is 0. The maximum absolute atomic E-state index is 11.0. The average Bonchev–Trinajstić information content (AvgIpc) is 3.05. The molecule has 0 aliphatic carbocycles. The van der Waals surface area contributed by atoms with Gasteiger partial charge in [-0.05, 0) is 29.8 Å². The normalized spacial score (nSPS) is 20.2. The van der Waals surface area contributed by atoms with Crippen LogP contribution in [-0.4, -0.2) is 22.9 Å². The number of rotatable bonds is 2. The fraction of sp³-hybridized carbons (Fsp3) is 0.167. The highest BCUT2D eigenvalue weighted by molar-refractivity contribution is 7.99. The summed E-state index contributed by atoms with van der Waals surface area (Å²) in [5.74, 6) is 6.06. The number of carboxylic acids is 1. The Morgan fingerprint density at radius 3 is 2.27 bits per heavy atom. The van der Waals surface area contributed by atoms with Crippen molar-refractivity contribution in [2.45, 2.75) is 11.4 Å². The van der Waals surface area contributed by atoms with Gasteiger partial charge in [0.1, 0.15) is 6.04 Å². The van der Waals surface area contributed by atoms with Gasteiger partial charge < -0.3 is 5.11 Å². The molecule has 2 aromatic rings. The van der Waals surface area contributed by atoms with Gasteiger partial charge in [0.25, 0.3) is 0 Å². The minimum Gasteiger partial charge on any atom is -0.480 e. The monoisotopic (exact) mass is 309 g/mol. The maximum Gasteiger partial charge on any atom is 0.321 e. The number of hydrogen-bond acceptors (Lipinski definition) is 3. The molecule has 0 bridgehead atoms. The molecule has 2 atom stereocenters. The summed E-state index contributed by atoms with van der Waals surface area (Å²) in [5, 5.41) is 12.2. The van der Waals surface area contributed by atoms with Crippen LogP contribution < -0.4 is 5.32 Å². The van der Waals surface area contributed by atoms with Gasteiger partial charge in [0.2, 0.25) is 0 Å². The van der Waals surface area contributed by atoms with Gasteiger partial charge in [0.15, 0.2) is 0 Å². The van der Waals surface area contributed by atoms with Gasteiger partial charge in [-0.1, -0.05) is 42.2 Å². The first-order chi connectivity index (χ1) is 10.7. The molecule has 1 heterocycles. The van der Waals surface area contributed by atoms with Crippen LogP contribution in [0.25, 0.3) is 0 Å². The average molecular weight is 309 g/mol. The van der Waals surface area contributed by atoms with E-state index in [0.717, 1.165) is 16.7 Å². The third kappa shape index (κ3) is 3.51. The summed E-state index contributed by atoms with van der Waals surface area (Å²) in [6, 6.07) is 17.4. The summed E-state index contributed by atoms with van der Waals surface area (Å²) in [6.45, 7) is 0. The molecule has 3 nitrogen and oxygen atoms in total. The van der Waals surface area contributed by atoms with Crippen molar-refractivity contribution in [1.82, 2.24) is 5.32 Å². The standard InChI is InChI=1S/C18H15NO2S/c20-18(21)16-12-22-17(19-16)15-10-8-14(9-11-15)7-6-13-4-2-1-3-5-13/h1-5,8-11,16-17,19H,12H2,(H,20,21). The molecule has 2 unspecified atom stereocenters. The number of carbonyl (C=O) groups is 1. The van der Waals surface area contributed by atoms with E-state index in [0.29, 0.717) is 5.75 Å². The van der Waals surface area contributed by atoms with E-state index in [1.54, 1.807) is 11.8 Å². The van der Waals surface area contributed by atoms with Gasteiger partial charge in [-0.25, -0.2) is 0 Å². The van der Waals surface area contributed by atoms with E-state index in [4.69, 9.17) is 5.11 Å². The highest BCUT2D eigenvalue weighted by Crippen LogP contribution is 2.32. The third-order valence-corrected chi connectivity index (χ3v) is 4.69. The molecule has 1 aliphatic rings. The second-order valence-electron chi connectivity index (χ2n) is 5.01. The Hall–Kier alpha value is -2.22. The quantitative estimate of drug-likeness (QED) is 0.838. The predicted molar refractivity (Wildman–Crippen MR) is 88.6 cm³/mol. The van der Waals surface area contributed by atoms with Gasteiger partial charge >= 0.3 is 5.97 Å². The molecule has 22 heavy (non-hydrogen) atoms. The van der Waals surface area contributed by atoms with Crippen LogP contribution in [0.4, 0.5) is 0 Å². The molecule has 1 aliphatic heterocycles. The molecule has 0 aromatic heterocycles. The van der Waals surface area contributed by atoms with Crippen molar-refractivity contribution in [2.24, 2.45) is 0 Å². The number of carboxylic acid groups (broad SMARTS) is 1. The molecular formula is C18H15NO2S. The zero-order valence-electron chi connectivity index (χ0n) is 11.8. The fourth-order valence-electron chi connectivity index (χ4n) is 2.21. The van der Waals surface area contributed by atoms with Crippen molar-refractivity contribution in [3.63, 3.8) is 0 Å². The molecular weight excluding hydrogens is 294 g/mol. The molecule has 4 heteroatoms. The second kappa shape index (κ2) is 6.69. The first-order valence-corrected chi connectivity index (χ1v) is 8.05. The summed E-state index contributed by atoms with van der Waals surface area (Å²) in [5.41, 5.74) is 3.02. The van der Waals surface area contributed by atoms with Crippen molar-refractivity contribution < 1.29 is 9.90 Å². The SMILES string of the molecule is O=C(O)C1CSC(c2ccc(C#Cc3ccccc3)cc2)N1. The molecule has 1 fully saturated rings. The summed E-state index contributed by atoms with van der Waals surface area (Å²) >= 11 is 1.62. The Morgan fingerprint density at radius 1 is 1.05 bits per heavy atom. The molecule has 3 rings (SSSR count). The molecule has 0 saturated carbocycles. The first-order valence-electron chi connectivity index (χ1n) is 7.00. The smallest absolute Gasteiger partial charge is 0.321 e. The zero-order chi connectivity index (χ0) is 15.4. The Kier molecular flexibility index (Phi) is 4.47. The molecule has 0 radical (unpaired) electrons. The molecule has 2 aromatic carbocycles. The van der Waals surface area contributed by atoms with E-state index in [2.05, 4.69) is 17.2 Å². The first kappa shape index (κ1) is 14.7. The number of hydrogen-bond donors (Lipinski definition) is 2. The van der Waals surface area contributed by atoms with E-state index in [1.165, 1.54) is 0 Å². The Bertz CT molecular complexity index is 716. The van der Waals surface area contributed by atoms with Gasteiger partial charge in [-0.3, -0.25) is 10.1 Å². The van der Waals surface area contributed by atoms with Gasteiger partial charge in [-0.15, -0.1) is 11.8 Å². The minimum absolute atomic E-state index is 0.0391. The van der Waals surface area contributed by atoms with Crippen molar-refractivity contribution in [3.05, 3.63) is 71.3 Å². The van der Waals surface area contributed by atoms with E-state index in [-0.39, 0.29) is 5.37 Å². The Morgan fingerprint density at radius 2 is 1.68 bits per heavy atom. The zero-order valence-corrected chi connectivity index (χ0v) is 12.6. The fourth-order valence-corrected chi connectivity index (χ4v) is 3.45. The highest BCUT2D eigenvalue weighted by atomic mass is 32.2. The maximum atomic E-state index is 11.0. The van der Waals surface area contributed by atoms with Crippen molar-refractivity contribution in [3.8, 4) is 11.8 Å². The van der Waals surface area contributed by atoms with Gasteiger partial charge in [-0.2, -0.15) is 0 Å². The Balaban J connectivity index is 1.69. The van der Waals surface area contributed by atoms with Crippen LogP contribution in [0.2, 0.25) is 0 Å². The lowest BCUT2D eigenvalue weighted by atomic mass is 10.1. The van der Waals surface area contributed by atoms with E-state index >= 15 is 0 Å². The lowest BCUT2D eigenvalue weighted by Gasteiger charge is -2.11. The number of benzene rings is 2. The van der Waals surface area contributed by atoms with Crippen LogP contribution in [0, 0.1) is 11.8 Å². The highest BCUT2D eigenvalue weighted by Gasteiger charge is 2.30. The van der Waals surface area contributed by atoms with Crippen molar-refractivity contribution in [1.29, 1.82) is 0 Å². The van der Waals surface area contributed by atoms with Gasteiger partial charge in [0, 0.05) is 16.9 Å². The molecule has 110 valence electrons. The molecule has 1 saturated heterocycles. The topological polar surface area (TPSA) is 49.3 Å². The third-order valence-electron chi connectivity index (χ3n) is 3.42. The van der Waals surface area contributed by atoms with E-state index in [1.807, 2.05) is 54.6 Å². The van der Waals surface area contributed by atoms with Crippen LogP contribution in [0.1, 0.15) is 22.1 Å². The number of thioether (sulfide) groups is 1. The lowest BCUT2D eigenvalue weighted by molar-refractivity contribution is -0.138. The van der Waals surface area contributed by atoms with Crippen LogP contribution >= 0.6 is 11.8 Å². The summed E-state index contributed by atoms with van der Waals surface area (Å²) < 4.78 is 0. The lowest BCUT2D eigenvalue weighted by Crippen LogP contribution is -2.33. The van der Waals surface area contributed by atoms with E-state index in [9.17, 15) is 4.79 Å². The largest absolute Gasteiger partial charge is 0.480 e. The molecule has 2 N–H and O–H groups in total. The van der Waals surface area contributed by atoms with E-state index < -0.39 is 12.0 Å². The predicted octanol–water partition coefficient (Wildman–Crippen LogP) is 2.87. The van der Waals surface area contributed by atoms with Crippen molar-refractivity contribution >= 4 is 17.7 Å². The van der Waals surface area contributed by atoms with Crippen LogP contribution in [0.15, 0.2) is 54.6 Å².